The van der Waals surface area contributed by atoms with E-state index < -0.39 is 0 Å². The van der Waals surface area contributed by atoms with Gasteiger partial charge < -0.3 is 5.73 Å². The van der Waals surface area contributed by atoms with Gasteiger partial charge in [-0.2, -0.15) is 12.6 Å². The molecule has 0 aliphatic carbocycles. The minimum Gasteiger partial charge on any atom is -0.330 e. The van der Waals surface area contributed by atoms with Crippen molar-refractivity contribution in [3.05, 3.63) is 30.1 Å². The van der Waals surface area contributed by atoms with E-state index in [-0.39, 0.29) is 0 Å². The molecule has 0 fully saturated rings. The molecule has 0 unspecified atom stereocenters. The van der Waals surface area contributed by atoms with Gasteiger partial charge in [0.25, 0.3) is 0 Å². The minimum atomic E-state index is 0.798. The molecule has 3 heteroatoms. The molecule has 1 aromatic heterocycles. The lowest BCUT2D eigenvalue weighted by Crippen LogP contribution is -2.33. The standard InChI is InChI=1S/C11H18N2S/c12-6-2-1-3-11-4-7-13(8-5-11)9-10-14/h4-5,7-8H,1-3,6,9-10,12H2/p+1. The Hall–Kier alpha value is -0.540. The summed E-state index contributed by atoms with van der Waals surface area (Å²) in [6.45, 7) is 1.78. The second-order valence-corrected chi connectivity index (χ2v) is 3.86. The topological polar surface area (TPSA) is 29.9 Å². The zero-order chi connectivity index (χ0) is 10.2. The van der Waals surface area contributed by atoms with Gasteiger partial charge in [0.05, 0.1) is 0 Å². The van der Waals surface area contributed by atoms with Crippen LogP contribution >= 0.6 is 12.6 Å². The van der Waals surface area contributed by atoms with Gasteiger partial charge in [0.15, 0.2) is 18.9 Å². The van der Waals surface area contributed by atoms with Gasteiger partial charge in [0, 0.05) is 17.9 Å². The van der Waals surface area contributed by atoms with Crippen LogP contribution in [-0.2, 0) is 13.0 Å². The molecule has 0 aliphatic rings. The zero-order valence-electron chi connectivity index (χ0n) is 8.52. The normalized spacial score (nSPS) is 10.4. The van der Waals surface area contributed by atoms with E-state index in [4.69, 9.17) is 5.73 Å². The van der Waals surface area contributed by atoms with Gasteiger partial charge in [-0.25, -0.2) is 4.57 Å². The second kappa shape index (κ2) is 6.85. The number of nitrogens with two attached hydrogens (primary N) is 1. The Bertz CT molecular complexity index is 246. The highest BCUT2D eigenvalue weighted by atomic mass is 32.1. The molecule has 0 saturated heterocycles. The molecule has 14 heavy (non-hydrogen) atoms. The molecule has 78 valence electrons. The number of pyridine rings is 1. The van der Waals surface area contributed by atoms with Gasteiger partial charge >= 0.3 is 0 Å². The highest BCUT2D eigenvalue weighted by Gasteiger charge is 1.98. The van der Waals surface area contributed by atoms with Crippen LogP contribution < -0.4 is 10.3 Å². The van der Waals surface area contributed by atoms with E-state index in [9.17, 15) is 0 Å². The van der Waals surface area contributed by atoms with Crippen molar-refractivity contribution < 1.29 is 4.57 Å². The van der Waals surface area contributed by atoms with E-state index in [2.05, 4.69) is 41.7 Å². The molecule has 0 amide bonds. The van der Waals surface area contributed by atoms with E-state index in [1.807, 2.05) is 0 Å². The average molecular weight is 211 g/mol. The number of unbranched alkanes of at least 4 members (excludes halogenated alkanes) is 1. The number of hydrogen-bond acceptors (Lipinski definition) is 2. The van der Waals surface area contributed by atoms with Gasteiger partial charge in [-0.3, -0.25) is 0 Å². The van der Waals surface area contributed by atoms with Gasteiger partial charge in [0.2, 0.25) is 0 Å². The summed E-state index contributed by atoms with van der Waals surface area (Å²) in [7, 11) is 0. The van der Waals surface area contributed by atoms with E-state index in [1.165, 1.54) is 12.0 Å². The van der Waals surface area contributed by atoms with Crippen molar-refractivity contribution in [3.63, 3.8) is 0 Å². The molecule has 0 bridgehead atoms. The third-order valence-electron chi connectivity index (χ3n) is 2.24. The first kappa shape index (κ1) is 11.5. The van der Waals surface area contributed by atoms with Gasteiger partial charge in [-0.05, 0) is 31.4 Å². The summed E-state index contributed by atoms with van der Waals surface area (Å²) in [5, 5.41) is 0. The van der Waals surface area contributed by atoms with Crippen molar-refractivity contribution in [2.24, 2.45) is 5.73 Å². The van der Waals surface area contributed by atoms with Gasteiger partial charge in [-0.1, -0.05) is 0 Å². The van der Waals surface area contributed by atoms with Gasteiger partial charge in [-0.15, -0.1) is 0 Å². The molecule has 0 aromatic carbocycles. The summed E-state index contributed by atoms with van der Waals surface area (Å²) in [4.78, 5) is 0. The fourth-order valence-electron chi connectivity index (χ4n) is 1.39. The fourth-order valence-corrected chi connectivity index (χ4v) is 1.62. The van der Waals surface area contributed by atoms with Crippen LogP contribution in [0.1, 0.15) is 18.4 Å². The molecule has 0 spiro atoms. The maximum atomic E-state index is 5.44. The Morgan fingerprint density at radius 1 is 1.21 bits per heavy atom. The number of rotatable bonds is 6. The number of aromatic nitrogens is 1. The van der Waals surface area contributed by atoms with Crippen molar-refractivity contribution >= 4 is 12.6 Å². The van der Waals surface area contributed by atoms with Crippen LogP contribution in [0, 0.1) is 0 Å². The molecule has 0 radical (unpaired) electrons. The highest BCUT2D eigenvalue weighted by Crippen LogP contribution is 2.01. The molecular formula is C11H19N2S+. The summed E-state index contributed by atoms with van der Waals surface area (Å²) >= 11 is 4.19. The predicted molar refractivity (Wildman–Crippen MR) is 62.5 cm³/mol. The quantitative estimate of drug-likeness (QED) is 0.413. The largest absolute Gasteiger partial charge is 0.330 e. The van der Waals surface area contributed by atoms with Crippen LogP contribution in [0.5, 0.6) is 0 Å². The van der Waals surface area contributed by atoms with E-state index in [0.29, 0.717) is 0 Å². The Morgan fingerprint density at radius 3 is 2.50 bits per heavy atom. The monoisotopic (exact) mass is 211 g/mol. The lowest BCUT2D eigenvalue weighted by molar-refractivity contribution is -0.692. The number of nitrogens with zero attached hydrogens (tertiary/aromatic N) is 1. The molecule has 0 atom stereocenters. The Morgan fingerprint density at radius 2 is 1.93 bits per heavy atom. The summed E-state index contributed by atoms with van der Waals surface area (Å²) in [6.07, 6.45) is 7.68. The molecule has 0 aliphatic heterocycles. The van der Waals surface area contributed by atoms with Crippen molar-refractivity contribution in [1.29, 1.82) is 0 Å². The lowest BCUT2D eigenvalue weighted by Gasteiger charge is -1.99. The van der Waals surface area contributed by atoms with Crippen LogP contribution in [0.4, 0.5) is 0 Å². The van der Waals surface area contributed by atoms with Crippen LogP contribution in [0.15, 0.2) is 24.5 Å². The van der Waals surface area contributed by atoms with Crippen molar-refractivity contribution in [2.75, 3.05) is 12.3 Å². The number of hydrogen-bond donors (Lipinski definition) is 2. The Labute approximate surface area is 91.5 Å². The third kappa shape index (κ3) is 4.11. The first-order chi connectivity index (χ1) is 6.86. The number of aryl methyl sites for hydroxylation is 2. The SMILES string of the molecule is NCCCCc1cc[n+](CCS)cc1. The Kier molecular flexibility index (Phi) is 5.64. The summed E-state index contributed by atoms with van der Waals surface area (Å²) < 4.78 is 2.15. The van der Waals surface area contributed by atoms with Crippen LogP contribution in [0.25, 0.3) is 0 Å². The van der Waals surface area contributed by atoms with Crippen LogP contribution in [0.2, 0.25) is 0 Å². The molecule has 1 heterocycles. The third-order valence-corrected chi connectivity index (χ3v) is 2.44. The molecule has 1 aromatic rings. The minimum absolute atomic E-state index is 0.798. The maximum Gasteiger partial charge on any atom is 0.169 e. The van der Waals surface area contributed by atoms with Crippen molar-refractivity contribution in [3.8, 4) is 0 Å². The average Bonchev–Trinajstić information content (AvgIpc) is 2.21. The molecule has 0 saturated carbocycles. The van der Waals surface area contributed by atoms with Crippen molar-refractivity contribution in [2.45, 2.75) is 25.8 Å². The predicted octanol–water partition coefficient (Wildman–Crippen LogP) is 1.19. The van der Waals surface area contributed by atoms with E-state index >= 15 is 0 Å². The highest BCUT2D eigenvalue weighted by molar-refractivity contribution is 7.80. The zero-order valence-corrected chi connectivity index (χ0v) is 9.42. The van der Waals surface area contributed by atoms with Gasteiger partial charge in [0.1, 0.15) is 0 Å². The van der Waals surface area contributed by atoms with Crippen LogP contribution in [-0.4, -0.2) is 12.3 Å². The summed E-state index contributed by atoms with van der Waals surface area (Å²) in [5.74, 6) is 0.886. The Balaban J connectivity index is 2.38. The molecule has 2 nitrogen and oxygen atoms in total. The van der Waals surface area contributed by atoms with E-state index in [1.54, 1.807) is 0 Å². The smallest absolute Gasteiger partial charge is 0.169 e. The second-order valence-electron chi connectivity index (χ2n) is 3.41. The first-order valence-corrected chi connectivity index (χ1v) is 5.79. The van der Waals surface area contributed by atoms with E-state index in [0.717, 1.165) is 31.7 Å². The summed E-state index contributed by atoms with van der Waals surface area (Å²) in [6, 6.07) is 4.36. The maximum absolute atomic E-state index is 5.44. The molecule has 1 rings (SSSR count). The van der Waals surface area contributed by atoms with Crippen molar-refractivity contribution in [1.82, 2.24) is 0 Å². The number of thiol groups is 1. The molecule has 2 N–H and O–H groups in total. The summed E-state index contributed by atoms with van der Waals surface area (Å²) in [5.41, 5.74) is 6.84. The molecular weight excluding hydrogens is 192 g/mol. The first-order valence-electron chi connectivity index (χ1n) is 5.15. The lowest BCUT2D eigenvalue weighted by atomic mass is 10.1. The fraction of sp³-hybridized carbons (Fsp3) is 0.545. The van der Waals surface area contributed by atoms with Crippen LogP contribution in [0.3, 0.4) is 0 Å².